The molecule has 17 heavy (non-hydrogen) atoms. The molecular formula is C13H14FNO2. The Morgan fingerprint density at radius 3 is 2.88 bits per heavy atom. The quantitative estimate of drug-likeness (QED) is 0.840. The first kappa shape index (κ1) is 10.7. The Balaban J connectivity index is 2.04. The predicted octanol–water partition coefficient (Wildman–Crippen LogP) is 1.80. The molecule has 0 bridgehead atoms. The summed E-state index contributed by atoms with van der Waals surface area (Å²) in [6.07, 6.45) is 3.20. The van der Waals surface area contributed by atoms with E-state index in [0.717, 1.165) is 24.0 Å². The minimum atomic E-state index is -0.996. The van der Waals surface area contributed by atoms with Gasteiger partial charge < -0.3 is 5.11 Å². The third-order valence-corrected chi connectivity index (χ3v) is 3.69. The molecule has 0 aromatic heterocycles. The number of halogens is 1. The van der Waals surface area contributed by atoms with Gasteiger partial charge in [-0.15, -0.1) is 0 Å². The molecule has 0 amide bonds. The Morgan fingerprint density at radius 2 is 2.24 bits per heavy atom. The fourth-order valence-electron chi connectivity index (χ4n) is 2.65. The van der Waals surface area contributed by atoms with Gasteiger partial charge in [0.1, 0.15) is 11.4 Å². The van der Waals surface area contributed by atoms with Gasteiger partial charge in [-0.05, 0) is 48.9 Å². The second-order valence-electron chi connectivity index (χ2n) is 4.93. The molecular weight excluding hydrogens is 221 g/mol. The molecule has 4 heteroatoms. The van der Waals surface area contributed by atoms with Gasteiger partial charge in [0.15, 0.2) is 0 Å². The third-order valence-electron chi connectivity index (χ3n) is 3.69. The van der Waals surface area contributed by atoms with E-state index in [2.05, 4.69) is 5.32 Å². The molecule has 1 fully saturated rings. The average Bonchev–Trinajstić information content (AvgIpc) is 3.01. The highest BCUT2D eigenvalue weighted by atomic mass is 19.1. The SMILES string of the molecule is O=C(O)C1(NC2CC2)CCc2cc(F)ccc21. The molecule has 0 heterocycles. The van der Waals surface area contributed by atoms with Crippen LogP contribution in [0.25, 0.3) is 0 Å². The van der Waals surface area contributed by atoms with E-state index in [9.17, 15) is 14.3 Å². The van der Waals surface area contributed by atoms with E-state index in [1.54, 1.807) is 6.07 Å². The van der Waals surface area contributed by atoms with Crippen LogP contribution in [0.5, 0.6) is 0 Å². The largest absolute Gasteiger partial charge is 0.480 e. The number of nitrogens with one attached hydrogen (secondary N) is 1. The molecule has 1 aromatic rings. The van der Waals surface area contributed by atoms with E-state index in [4.69, 9.17) is 0 Å². The van der Waals surface area contributed by atoms with Crippen LogP contribution in [0.15, 0.2) is 18.2 Å². The van der Waals surface area contributed by atoms with Crippen molar-refractivity contribution in [2.75, 3.05) is 0 Å². The van der Waals surface area contributed by atoms with Gasteiger partial charge in [0.05, 0.1) is 0 Å². The maximum absolute atomic E-state index is 13.1. The van der Waals surface area contributed by atoms with Crippen LogP contribution in [-0.2, 0) is 16.8 Å². The molecule has 2 aliphatic carbocycles. The summed E-state index contributed by atoms with van der Waals surface area (Å²) in [5.74, 6) is -1.15. The van der Waals surface area contributed by atoms with Crippen LogP contribution < -0.4 is 5.32 Å². The Kier molecular flexibility index (Phi) is 2.23. The summed E-state index contributed by atoms with van der Waals surface area (Å²) in [7, 11) is 0. The number of fused-ring (bicyclic) bond motifs is 1. The monoisotopic (exact) mass is 235 g/mol. The minimum Gasteiger partial charge on any atom is -0.480 e. The van der Waals surface area contributed by atoms with Gasteiger partial charge in [-0.1, -0.05) is 6.07 Å². The molecule has 2 aliphatic rings. The van der Waals surface area contributed by atoms with Crippen molar-refractivity contribution in [2.45, 2.75) is 37.3 Å². The number of rotatable bonds is 3. The van der Waals surface area contributed by atoms with Gasteiger partial charge in [0.25, 0.3) is 0 Å². The van der Waals surface area contributed by atoms with E-state index >= 15 is 0 Å². The van der Waals surface area contributed by atoms with Crippen LogP contribution in [0, 0.1) is 5.82 Å². The van der Waals surface area contributed by atoms with E-state index in [0.29, 0.717) is 18.9 Å². The first-order valence-electron chi connectivity index (χ1n) is 5.92. The minimum absolute atomic E-state index is 0.295. The standard InChI is InChI=1S/C13H14FNO2/c14-9-1-4-11-8(7-9)5-6-13(11,12(16)17)15-10-2-3-10/h1,4,7,10,15H,2-3,5-6H2,(H,16,17). The number of carboxylic acids is 1. The summed E-state index contributed by atoms with van der Waals surface area (Å²) in [5, 5.41) is 12.7. The smallest absolute Gasteiger partial charge is 0.328 e. The lowest BCUT2D eigenvalue weighted by atomic mass is 9.91. The van der Waals surface area contributed by atoms with Gasteiger partial charge in [0, 0.05) is 6.04 Å². The molecule has 90 valence electrons. The van der Waals surface area contributed by atoms with E-state index in [1.807, 2.05) is 0 Å². The predicted molar refractivity (Wildman–Crippen MR) is 60.2 cm³/mol. The van der Waals surface area contributed by atoms with Crippen molar-refractivity contribution >= 4 is 5.97 Å². The number of carbonyl (C=O) groups is 1. The van der Waals surface area contributed by atoms with Crippen LogP contribution in [-0.4, -0.2) is 17.1 Å². The molecule has 3 rings (SSSR count). The third kappa shape index (κ3) is 1.63. The van der Waals surface area contributed by atoms with Gasteiger partial charge in [-0.3, -0.25) is 5.32 Å². The van der Waals surface area contributed by atoms with Crippen LogP contribution in [0.4, 0.5) is 4.39 Å². The normalized spacial score (nSPS) is 26.9. The maximum Gasteiger partial charge on any atom is 0.328 e. The molecule has 1 saturated carbocycles. The lowest BCUT2D eigenvalue weighted by molar-refractivity contribution is -0.145. The van der Waals surface area contributed by atoms with E-state index < -0.39 is 11.5 Å². The Morgan fingerprint density at radius 1 is 1.47 bits per heavy atom. The molecule has 1 aromatic carbocycles. The number of hydrogen-bond acceptors (Lipinski definition) is 2. The lowest BCUT2D eigenvalue weighted by Gasteiger charge is -2.27. The topological polar surface area (TPSA) is 49.3 Å². The molecule has 0 radical (unpaired) electrons. The maximum atomic E-state index is 13.1. The van der Waals surface area contributed by atoms with Crippen LogP contribution >= 0.6 is 0 Å². The number of hydrogen-bond donors (Lipinski definition) is 2. The highest BCUT2D eigenvalue weighted by molar-refractivity contribution is 5.82. The average molecular weight is 235 g/mol. The fraction of sp³-hybridized carbons (Fsp3) is 0.462. The zero-order chi connectivity index (χ0) is 12.0. The Labute approximate surface area is 98.6 Å². The summed E-state index contributed by atoms with van der Waals surface area (Å²) < 4.78 is 13.1. The summed E-state index contributed by atoms with van der Waals surface area (Å²) in [4.78, 5) is 11.6. The van der Waals surface area contributed by atoms with Gasteiger partial charge in [-0.2, -0.15) is 0 Å². The van der Waals surface area contributed by atoms with Crippen molar-refractivity contribution in [2.24, 2.45) is 0 Å². The molecule has 1 atom stereocenters. The number of benzene rings is 1. The van der Waals surface area contributed by atoms with Crippen molar-refractivity contribution in [3.8, 4) is 0 Å². The number of carboxylic acid groups (broad SMARTS) is 1. The van der Waals surface area contributed by atoms with Crippen molar-refractivity contribution in [3.63, 3.8) is 0 Å². The second kappa shape index (κ2) is 3.53. The zero-order valence-electron chi connectivity index (χ0n) is 9.37. The summed E-state index contributed by atoms with van der Waals surface area (Å²) in [6, 6.07) is 4.72. The van der Waals surface area contributed by atoms with Crippen LogP contribution in [0.1, 0.15) is 30.4 Å². The number of aliphatic carboxylic acids is 1. The van der Waals surface area contributed by atoms with Crippen molar-refractivity contribution in [3.05, 3.63) is 35.1 Å². The van der Waals surface area contributed by atoms with Crippen molar-refractivity contribution in [1.29, 1.82) is 0 Å². The van der Waals surface area contributed by atoms with Gasteiger partial charge >= 0.3 is 5.97 Å². The second-order valence-corrected chi connectivity index (χ2v) is 4.93. The lowest BCUT2D eigenvalue weighted by Crippen LogP contribution is -2.48. The zero-order valence-corrected chi connectivity index (χ0v) is 9.37. The molecule has 0 aliphatic heterocycles. The van der Waals surface area contributed by atoms with Crippen molar-refractivity contribution < 1.29 is 14.3 Å². The molecule has 0 saturated heterocycles. The van der Waals surface area contributed by atoms with Crippen LogP contribution in [0.2, 0.25) is 0 Å². The van der Waals surface area contributed by atoms with Gasteiger partial charge in [0.2, 0.25) is 0 Å². The summed E-state index contributed by atoms with van der Waals surface area (Å²) in [5.41, 5.74) is 0.559. The molecule has 1 unspecified atom stereocenters. The Hall–Kier alpha value is -1.42. The number of aryl methyl sites for hydroxylation is 1. The highest BCUT2D eigenvalue weighted by Crippen LogP contribution is 2.40. The molecule has 0 spiro atoms. The van der Waals surface area contributed by atoms with Crippen LogP contribution in [0.3, 0.4) is 0 Å². The Bertz CT molecular complexity index is 484. The molecule has 3 nitrogen and oxygen atoms in total. The van der Waals surface area contributed by atoms with Crippen molar-refractivity contribution in [1.82, 2.24) is 5.32 Å². The summed E-state index contributed by atoms with van der Waals surface area (Å²) in [6.45, 7) is 0. The first-order chi connectivity index (χ1) is 8.12. The summed E-state index contributed by atoms with van der Waals surface area (Å²) >= 11 is 0. The fourth-order valence-corrected chi connectivity index (χ4v) is 2.65. The highest BCUT2D eigenvalue weighted by Gasteiger charge is 2.48. The van der Waals surface area contributed by atoms with E-state index in [-0.39, 0.29) is 5.82 Å². The molecule has 2 N–H and O–H groups in total. The van der Waals surface area contributed by atoms with E-state index in [1.165, 1.54) is 12.1 Å². The first-order valence-corrected chi connectivity index (χ1v) is 5.92. The van der Waals surface area contributed by atoms with Gasteiger partial charge in [-0.25, -0.2) is 9.18 Å².